The van der Waals surface area contributed by atoms with Crippen molar-refractivity contribution in [3.05, 3.63) is 40.4 Å². The second kappa shape index (κ2) is 4.71. The Kier molecular flexibility index (Phi) is 3.30. The van der Waals surface area contributed by atoms with E-state index in [1.165, 1.54) is 31.6 Å². The van der Waals surface area contributed by atoms with E-state index in [2.05, 4.69) is 4.74 Å². The molecule has 0 amide bonds. The van der Waals surface area contributed by atoms with Gasteiger partial charge >= 0.3 is 5.97 Å². The molecule has 3 heteroatoms. The number of esters is 1. The van der Waals surface area contributed by atoms with Crippen molar-refractivity contribution >= 4 is 23.6 Å². The van der Waals surface area contributed by atoms with Gasteiger partial charge in [-0.3, -0.25) is 0 Å². The Balaban J connectivity index is 2.19. The van der Waals surface area contributed by atoms with Crippen LogP contribution < -0.4 is 0 Å². The van der Waals surface area contributed by atoms with E-state index in [1.54, 1.807) is 6.08 Å². The third-order valence-corrected chi connectivity index (χ3v) is 2.99. The predicted molar refractivity (Wildman–Crippen MR) is 64.5 cm³/mol. The number of carbonyl (C=O) groups is 1. The fourth-order valence-corrected chi connectivity index (χ4v) is 1.88. The Hall–Kier alpha value is -1.28. The minimum atomic E-state index is -0.345. The van der Waals surface area contributed by atoms with Crippen molar-refractivity contribution in [1.29, 1.82) is 0 Å². The Morgan fingerprint density at radius 3 is 2.88 bits per heavy atom. The number of halogens is 1. The first-order valence-corrected chi connectivity index (χ1v) is 5.64. The molecule has 0 unspecified atom stereocenters. The van der Waals surface area contributed by atoms with Gasteiger partial charge in [0.05, 0.1) is 7.11 Å². The molecule has 1 aliphatic carbocycles. The Morgan fingerprint density at radius 1 is 1.50 bits per heavy atom. The van der Waals surface area contributed by atoms with Crippen molar-refractivity contribution in [2.24, 2.45) is 0 Å². The summed E-state index contributed by atoms with van der Waals surface area (Å²) in [7, 11) is 1.37. The van der Waals surface area contributed by atoms with Gasteiger partial charge in [0.25, 0.3) is 0 Å². The van der Waals surface area contributed by atoms with Gasteiger partial charge in [0.1, 0.15) is 0 Å². The Labute approximate surface area is 99.9 Å². The van der Waals surface area contributed by atoms with E-state index >= 15 is 0 Å². The van der Waals surface area contributed by atoms with Gasteiger partial charge in [-0.05, 0) is 48.1 Å². The Morgan fingerprint density at radius 2 is 2.25 bits per heavy atom. The maximum Gasteiger partial charge on any atom is 0.330 e. The van der Waals surface area contributed by atoms with Crippen LogP contribution in [0.3, 0.4) is 0 Å². The van der Waals surface area contributed by atoms with Crippen molar-refractivity contribution in [3.63, 3.8) is 0 Å². The zero-order chi connectivity index (χ0) is 11.5. The molecule has 16 heavy (non-hydrogen) atoms. The highest BCUT2D eigenvalue weighted by Crippen LogP contribution is 2.43. The molecular weight excluding hydrogens is 224 g/mol. The summed E-state index contributed by atoms with van der Waals surface area (Å²) < 4.78 is 4.53. The van der Waals surface area contributed by atoms with E-state index in [0.29, 0.717) is 5.92 Å². The molecule has 1 aromatic carbocycles. The van der Waals surface area contributed by atoms with Crippen molar-refractivity contribution in [2.75, 3.05) is 7.11 Å². The summed E-state index contributed by atoms with van der Waals surface area (Å²) >= 11 is 6.11. The van der Waals surface area contributed by atoms with E-state index in [-0.39, 0.29) is 5.97 Å². The second-order valence-corrected chi connectivity index (χ2v) is 4.32. The van der Waals surface area contributed by atoms with Crippen LogP contribution in [0.25, 0.3) is 6.08 Å². The lowest BCUT2D eigenvalue weighted by atomic mass is 10.1. The van der Waals surface area contributed by atoms with E-state index in [4.69, 9.17) is 11.6 Å². The number of ether oxygens (including phenoxy) is 1. The van der Waals surface area contributed by atoms with Crippen molar-refractivity contribution in [2.45, 2.75) is 18.8 Å². The first-order valence-electron chi connectivity index (χ1n) is 5.26. The fourth-order valence-electron chi connectivity index (χ4n) is 1.61. The molecule has 1 fully saturated rings. The lowest BCUT2D eigenvalue weighted by Crippen LogP contribution is -1.93. The summed E-state index contributed by atoms with van der Waals surface area (Å²) in [6.45, 7) is 0. The van der Waals surface area contributed by atoms with E-state index in [9.17, 15) is 4.79 Å². The molecule has 1 saturated carbocycles. The smallest absolute Gasteiger partial charge is 0.330 e. The standard InChI is InChI=1S/C13H13ClO2/c1-16-13(15)7-3-9-2-6-12(14)11(8-9)10-4-5-10/h2-3,6-8,10H,4-5H2,1H3/b7-3+. The topological polar surface area (TPSA) is 26.3 Å². The molecule has 0 aromatic heterocycles. The number of methoxy groups -OCH3 is 1. The van der Waals surface area contributed by atoms with Crippen molar-refractivity contribution in [3.8, 4) is 0 Å². The van der Waals surface area contributed by atoms with Gasteiger partial charge in [-0.15, -0.1) is 0 Å². The van der Waals surface area contributed by atoms with Crippen LogP contribution in [0.15, 0.2) is 24.3 Å². The minimum Gasteiger partial charge on any atom is -0.466 e. The van der Waals surface area contributed by atoms with Crippen LogP contribution in [-0.2, 0) is 9.53 Å². The molecular formula is C13H13ClO2. The lowest BCUT2D eigenvalue weighted by Gasteiger charge is -2.03. The molecule has 0 heterocycles. The summed E-state index contributed by atoms with van der Waals surface area (Å²) in [5.41, 5.74) is 2.17. The maximum atomic E-state index is 10.9. The highest BCUT2D eigenvalue weighted by Gasteiger charge is 2.25. The summed E-state index contributed by atoms with van der Waals surface area (Å²) in [6, 6.07) is 5.82. The number of hydrogen-bond donors (Lipinski definition) is 0. The normalized spacial score (nSPS) is 15.4. The van der Waals surface area contributed by atoms with Gasteiger partial charge in [-0.2, -0.15) is 0 Å². The average Bonchev–Trinajstić information content (AvgIpc) is 3.11. The predicted octanol–water partition coefficient (Wildman–Crippen LogP) is 3.40. The van der Waals surface area contributed by atoms with Gasteiger partial charge in [-0.1, -0.05) is 17.7 Å². The third kappa shape index (κ3) is 2.64. The molecule has 0 N–H and O–H groups in total. The van der Waals surface area contributed by atoms with Crippen molar-refractivity contribution < 1.29 is 9.53 Å². The zero-order valence-electron chi connectivity index (χ0n) is 9.07. The number of carbonyl (C=O) groups excluding carboxylic acids is 1. The molecule has 0 atom stereocenters. The van der Waals surface area contributed by atoms with Gasteiger partial charge in [0.15, 0.2) is 0 Å². The summed E-state index contributed by atoms with van der Waals surface area (Å²) in [5.74, 6) is 0.266. The summed E-state index contributed by atoms with van der Waals surface area (Å²) in [4.78, 5) is 10.9. The molecule has 0 radical (unpaired) electrons. The number of hydrogen-bond acceptors (Lipinski definition) is 2. The van der Waals surface area contributed by atoms with E-state index in [0.717, 1.165) is 10.6 Å². The van der Waals surface area contributed by atoms with Crippen LogP contribution in [-0.4, -0.2) is 13.1 Å². The van der Waals surface area contributed by atoms with Crippen LogP contribution in [0.4, 0.5) is 0 Å². The van der Waals surface area contributed by atoms with Crippen LogP contribution in [0.5, 0.6) is 0 Å². The van der Waals surface area contributed by atoms with Gasteiger partial charge in [-0.25, -0.2) is 4.79 Å². The van der Waals surface area contributed by atoms with Crippen molar-refractivity contribution in [1.82, 2.24) is 0 Å². The molecule has 1 aliphatic rings. The largest absolute Gasteiger partial charge is 0.466 e. The third-order valence-electron chi connectivity index (χ3n) is 2.65. The first kappa shape index (κ1) is 11.2. The highest BCUT2D eigenvalue weighted by molar-refractivity contribution is 6.31. The lowest BCUT2D eigenvalue weighted by molar-refractivity contribution is -0.134. The van der Waals surface area contributed by atoms with E-state index in [1.807, 2.05) is 18.2 Å². The van der Waals surface area contributed by atoms with Gasteiger partial charge in [0.2, 0.25) is 0 Å². The molecule has 0 spiro atoms. The number of benzene rings is 1. The molecule has 1 aromatic rings. The highest BCUT2D eigenvalue weighted by atomic mass is 35.5. The van der Waals surface area contributed by atoms with Crippen LogP contribution in [0.2, 0.25) is 5.02 Å². The SMILES string of the molecule is COC(=O)/C=C/c1ccc(Cl)c(C2CC2)c1. The Bertz CT molecular complexity index is 434. The minimum absolute atomic E-state index is 0.345. The average molecular weight is 237 g/mol. The quantitative estimate of drug-likeness (QED) is 0.594. The maximum absolute atomic E-state index is 10.9. The summed E-state index contributed by atoms with van der Waals surface area (Å²) in [5, 5.41) is 0.817. The fraction of sp³-hybridized carbons (Fsp3) is 0.308. The molecule has 0 aliphatic heterocycles. The zero-order valence-corrected chi connectivity index (χ0v) is 9.83. The number of rotatable bonds is 3. The van der Waals surface area contributed by atoms with Crippen LogP contribution in [0, 0.1) is 0 Å². The molecule has 0 saturated heterocycles. The van der Waals surface area contributed by atoms with Crippen LogP contribution in [0.1, 0.15) is 29.9 Å². The second-order valence-electron chi connectivity index (χ2n) is 3.91. The molecule has 2 rings (SSSR count). The van der Waals surface area contributed by atoms with Gasteiger partial charge < -0.3 is 4.74 Å². The molecule has 0 bridgehead atoms. The molecule has 2 nitrogen and oxygen atoms in total. The van der Waals surface area contributed by atoms with Crippen LogP contribution >= 0.6 is 11.6 Å². The summed E-state index contributed by atoms with van der Waals surface area (Å²) in [6.07, 6.45) is 5.59. The molecule has 84 valence electrons. The monoisotopic (exact) mass is 236 g/mol. The first-order chi connectivity index (χ1) is 7.70. The van der Waals surface area contributed by atoms with Gasteiger partial charge in [0, 0.05) is 11.1 Å². The van der Waals surface area contributed by atoms with E-state index < -0.39 is 0 Å².